The van der Waals surface area contributed by atoms with E-state index >= 15 is 0 Å². The van der Waals surface area contributed by atoms with Gasteiger partial charge >= 0.3 is 0 Å². The summed E-state index contributed by atoms with van der Waals surface area (Å²) in [6.45, 7) is 4.46. The van der Waals surface area contributed by atoms with Crippen molar-refractivity contribution in [3.8, 4) is 0 Å². The van der Waals surface area contributed by atoms with Gasteiger partial charge in [-0.05, 0) is 51.3 Å². The number of nitrogens with one attached hydrogen (secondary N) is 1. The normalized spacial score (nSPS) is 22.1. The molecule has 1 aromatic rings. The first-order valence-corrected chi connectivity index (χ1v) is 7.88. The molecule has 0 spiro atoms. The third kappa shape index (κ3) is 3.60. The molecule has 114 valence electrons. The summed E-state index contributed by atoms with van der Waals surface area (Å²) < 4.78 is 0. The maximum absolute atomic E-state index is 10.9. The quantitative estimate of drug-likeness (QED) is 0.669. The van der Waals surface area contributed by atoms with Crippen LogP contribution >= 0.6 is 0 Å². The van der Waals surface area contributed by atoms with Crippen molar-refractivity contribution < 1.29 is 4.92 Å². The molecule has 0 amide bonds. The molecular weight excluding hydrogens is 266 g/mol. The van der Waals surface area contributed by atoms with Gasteiger partial charge in [0.25, 0.3) is 5.69 Å². The van der Waals surface area contributed by atoms with Gasteiger partial charge in [-0.2, -0.15) is 0 Å². The average Bonchev–Trinajstić information content (AvgIpc) is 3.33. The van der Waals surface area contributed by atoms with Crippen LogP contribution in [0.25, 0.3) is 0 Å². The van der Waals surface area contributed by atoms with E-state index in [1.807, 2.05) is 6.07 Å². The topological polar surface area (TPSA) is 58.4 Å². The zero-order valence-corrected chi connectivity index (χ0v) is 12.5. The Kier molecular flexibility index (Phi) is 4.22. The molecule has 2 aliphatic rings. The summed E-state index contributed by atoms with van der Waals surface area (Å²) >= 11 is 0. The third-order valence-corrected chi connectivity index (χ3v) is 4.66. The van der Waals surface area contributed by atoms with Crippen molar-refractivity contribution in [3.05, 3.63) is 39.9 Å². The van der Waals surface area contributed by atoms with E-state index in [1.165, 1.54) is 38.8 Å². The molecule has 1 aliphatic heterocycles. The minimum atomic E-state index is -0.329. The van der Waals surface area contributed by atoms with Gasteiger partial charge in [0, 0.05) is 30.3 Å². The fraction of sp³-hybridized carbons (Fsp3) is 0.625. The van der Waals surface area contributed by atoms with E-state index in [0.29, 0.717) is 6.04 Å². The maximum atomic E-state index is 10.9. The monoisotopic (exact) mass is 289 g/mol. The predicted molar refractivity (Wildman–Crippen MR) is 82.3 cm³/mol. The Labute approximate surface area is 125 Å². The van der Waals surface area contributed by atoms with Gasteiger partial charge in [0.05, 0.1) is 4.92 Å². The molecule has 21 heavy (non-hydrogen) atoms. The Morgan fingerprint density at radius 3 is 2.62 bits per heavy atom. The van der Waals surface area contributed by atoms with Crippen molar-refractivity contribution in [2.45, 2.75) is 50.7 Å². The van der Waals surface area contributed by atoms with Crippen LogP contribution in [0.5, 0.6) is 0 Å². The maximum Gasteiger partial charge on any atom is 0.269 e. The zero-order chi connectivity index (χ0) is 14.8. The molecule has 3 rings (SSSR count). The number of nitro groups is 1. The molecule has 0 bridgehead atoms. The molecule has 0 radical (unpaired) electrons. The van der Waals surface area contributed by atoms with Gasteiger partial charge in [-0.25, -0.2) is 0 Å². The number of hydrogen-bond acceptors (Lipinski definition) is 4. The highest BCUT2D eigenvalue weighted by Crippen LogP contribution is 2.30. The molecule has 1 atom stereocenters. The van der Waals surface area contributed by atoms with Gasteiger partial charge in [0.15, 0.2) is 0 Å². The summed E-state index contributed by atoms with van der Waals surface area (Å²) in [6.07, 6.45) is 5.11. The van der Waals surface area contributed by atoms with Gasteiger partial charge in [0.1, 0.15) is 0 Å². The molecular formula is C16H23N3O2. The van der Waals surface area contributed by atoms with Crippen LogP contribution in [0, 0.1) is 10.1 Å². The third-order valence-electron chi connectivity index (χ3n) is 4.66. The predicted octanol–water partition coefficient (Wildman–Crippen LogP) is 2.87. The van der Waals surface area contributed by atoms with E-state index in [9.17, 15) is 10.1 Å². The fourth-order valence-electron chi connectivity index (χ4n) is 3.23. The lowest BCUT2D eigenvalue weighted by molar-refractivity contribution is -0.384. The smallest absolute Gasteiger partial charge is 0.269 e. The average molecular weight is 289 g/mol. The van der Waals surface area contributed by atoms with Crippen LogP contribution in [0.15, 0.2) is 24.3 Å². The molecule has 1 aromatic carbocycles. The van der Waals surface area contributed by atoms with Crippen LogP contribution in [0.4, 0.5) is 5.69 Å². The highest BCUT2D eigenvalue weighted by molar-refractivity contribution is 5.35. The Balaban J connectivity index is 1.55. The van der Waals surface area contributed by atoms with E-state index in [0.717, 1.165) is 11.6 Å². The highest BCUT2D eigenvalue weighted by atomic mass is 16.6. The zero-order valence-electron chi connectivity index (χ0n) is 12.5. The Morgan fingerprint density at radius 2 is 2.00 bits per heavy atom. The molecule has 1 saturated heterocycles. The minimum Gasteiger partial charge on any atom is -0.307 e. The van der Waals surface area contributed by atoms with Gasteiger partial charge in [0.2, 0.25) is 0 Å². The summed E-state index contributed by atoms with van der Waals surface area (Å²) in [5.74, 6) is 0. The number of rotatable bonds is 5. The summed E-state index contributed by atoms with van der Waals surface area (Å²) in [4.78, 5) is 13.1. The number of likely N-dealkylation sites (tertiary alicyclic amines) is 1. The van der Waals surface area contributed by atoms with Crippen LogP contribution < -0.4 is 5.32 Å². The molecule has 5 nitrogen and oxygen atoms in total. The van der Waals surface area contributed by atoms with E-state index in [1.54, 1.807) is 18.2 Å². The van der Waals surface area contributed by atoms with Crippen molar-refractivity contribution in [2.24, 2.45) is 0 Å². The van der Waals surface area contributed by atoms with Crippen LogP contribution in [-0.4, -0.2) is 35.0 Å². The lowest BCUT2D eigenvalue weighted by Crippen LogP contribution is -2.44. The SMILES string of the molecule is CC(NC1CCN(C2CC2)CC1)c1cccc([N+](=O)[O-])c1. The molecule has 0 aromatic heterocycles. The fourth-order valence-corrected chi connectivity index (χ4v) is 3.23. The largest absolute Gasteiger partial charge is 0.307 e. The molecule has 2 fully saturated rings. The van der Waals surface area contributed by atoms with Gasteiger partial charge in [-0.1, -0.05) is 12.1 Å². The number of non-ortho nitro benzene ring substituents is 1. The second kappa shape index (κ2) is 6.12. The molecule has 1 saturated carbocycles. The second-order valence-electron chi connectivity index (χ2n) is 6.28. The lowest BCUT2D eigenvalue weighted by atomic mass is 10.0. The van der Waals surface area contributed by atoms with Crippen molar-refractivity contribution in [2.75, 3.05) is 13.1 Å². The molecule has 1 heterocycles. The highest BCUT2D eigenvalue weighted by Gasteiger charge is 2.32. The number of benzene rings is 1. The van der Waals surface area contributed by atoms with Crippen molar-refractivity contribution >= 4 is 5.69 Å². The Hall–Kier alpha value is -1.46. The summed E-state index contributed by atoms with van der Waals surface area (Å²) in [5, 5.41) is 14.5. The van der Waals surface area contributed by atoms with E-state index in [4.69, 9.17) is 0 Å². The first-order valence-electron chi connectivity index (χ1n) is 7.88. The van der Waals surface area contributed by atoms with Crippen LogP contribution in [-0.2, 0) is 0 Å². The number of nitrogens with zero attached hydrogens (tertiary/aromatic N) is 2. The summed E-state index contributed by atoms with van der Waals surface area (Å²) in [5.41, 5.74) is 1.17. The second-order valence-corrected chi connectivity index (χ2v) is 6.28. The van der Waals surface area contributed by atoms with E-state index in [2.05, 4.69) is 17.1 Å². The number of nitro benzene ring substituents is 1. The molecule has 1 N–H and O–H groups in total. The molecule has 1 aliphatic carbocycles. The van der Waals surface area contributed by atoms with Crippen molar-refractivity contribution in [3.63, 3.8) is 0 Å². The lowest BCUT2D eigenvalue weighted by Gasteiger charge is -2.34. The van der Waals surface area contributed by atoms with Crippen LogP contribution in [0.3, 0.4) is 0 Å². The Morgan fingerprint density at radius 1 is 1.29 bits per heavy atom. The number of hydrogen-bond donors (Lipinski definition) is 1. The minimum absolute atomic E-state index is 0.155. The van der Waals surface area contributed by atoms with Gasteiger partial charge < -0.3 is 10.2 Å². The van der Waals surface area contributed by atoms with E-state index in [-0.39, 0.29) is 16.7 Å². The molecule has 5 heteroatoms. The standard InChI is InChI=1S/C16H23N3O2/c1-12(13-3-2-4-16(11-13)19(20)21)17-14-7-9-18(10-8-14)15-5-6-15/h2-4,11-12,14-15,17H,5-10H2,1H3. The van der Waals surface area contributed by atoms with Crippen molar-refractivity contribution in [1.29, 1.82) is 0 Å². The van der Waals surface area contributed by atoms with Crippen molar-refractivity contribution in [1.82, 2.24) is 10.2 Å². The first-order chi connectivity index (χ1) is 10.1. The summed E-state index contributed by atoms with van der Waals surface area (Å²) in [6, 6.07) is 8.49. The first kappa shape index (κ1) is 14.5. The summed E-state index contributed by atoms with van der Waals surface area (Å²) in [7, 11) is 0. The van der Waals surface area contributed by atoms with Gasteiger partial charge in [-0.3, -0.25) is 10.1 Å². The van der Waals surface area contributed by atoms with Crippen LogP contribution in [0.2, 0.25) is 0 Å². The van der Waals surface area contributed by atoms with Gasteiger partial charge in [-0.15, -0.1) is 0 Å². The number of piperidine rings is 1. The Bertz CT molecular complexity index is 508. The van der Waals surface area contributed by atoms with E-state index < -0.39 is 0 Å². The molecule has 1 unspecified atom stereocenters. The van der Waals surface area contributed by atoms with Crippen LogP contribution in [0.1, 0.15) is 44.2 Å².